The second-order valence-corrected chi connectivity index (χ2v) is 8.45. The van der Waals surface area contributed by atoms with E-state index in [0.717, 1.165) is 18.3 Å². The van der Waals surface area contributed by atoms with Crippen LogP contribution in [0.25, 0.3) is 0 Å². The lowest BCUT2D eigenvalue weighted by molar-refractivity contribution is -0.136. The van der Waals surface area contributed by atoms with Gasteiger partial charge in [-0.3, -0.25) is 9.59 Å². The highest BCUT2D eigenvalue weighted by Crippen LogP contribution is 2.15. The first-order chi connectivity index (χ1) is 15.2. The first-order valence-corrected chi connectivity index (χ1v) is 10.8. The van der Waals surface area contributed by atoms with Crippen molar-refractivity contribution in [1.29, 1.82) is 0 Å². The van der Waals surface area contributed by atoms with Gasteiger partial charge in [0, 0.05) is 10.7 Å². The molecule has 0 saturated carbocycles. The molecule has 0 atom stereocenters. The standard InChI is InChI=1S/C20H16ClFN4O5S/c21-13-1-9-18(10-2-13)32(29,30)24-12-17-8-7-16(31-17)11-23-26-20(28)19(27)25-15-5-3-14(22)4-6-15/h1-11,24H,12H2,(H,25,27)(H,26,28)/b23-11+. The van der Waals surface area contributed by atoms with Gasteiger partial charge in [0.15, 0.2) is 0 Å². The Labute approximate surface area is 187 Å². The van der Waals surface area contributed by atoms with Crippen LogP contribution in [0.4, 0.5) is 10.1 Å². The van der Waals surface area contributed by atoms with Gasteiger partial charge in [0.05, 0.1) is 17.7 Å². The van der Waals surface area contributed by atoms with E-state index in [1.807, 2.05) is 5.43 Å². The number of carbonyl (C=O) groups excluding carboxylic acids is 2. The molecule has 9 nitrogen and oxygen atoms in total. The van der Waals surface area contributed by atoms with Gasteiger partial charge in [0.2, 0.25) is 10.0 Å². The molecule has 0 unspecified atom stereocenters. The van der Waals surface area contributed by atoms with E-state index in [1.54, 1.807) is 0 Å². The third kappa shape index (κ3) is 6.48. The molecule has 3 rings (SSSR count). The summed E-state index contributed by atoms with van der Waals surface area (Å²) in [6.45, 7) is -0.120. The van der Waals surface area contributed by atoms with Crippen molar-refractivity contribution >= 4 is 45.3 Å². The summed E-state index contributed by atoms with van der Waals surface area (Å²) >= 11 is 5.75. The maximum atomic E-state index is 12.9. The van der Waals surface area contributed by atoms with Gasteiger partial charge in [-0.2, -0.15) is 5.10 Å². The molecule has 3 aromatic rings. The summed E-state index contributed by atoms with van der Waals surface area (Å²) in [4.78, 5) is 23.6. The van der Waals surface area contributed by atoms with Crippen molar-refractivity contribution in [2.45, 2.75) is 11.4 Å². The van der Waals surface area contributed by atoms with E-state index in [9.17, 15) is 22.4 Å². The predicted molar refractivity (Wildman–Crippen MR) is 115 cm³/mol. The Balaban J connectivity index is 1.49. The summed E-state index contributed by atoms with van der Waals surface area (Å²) in [7, 11) is -3.76. The number of furan rings is 1. The number of hydrogen-bond donors (Lipinski definition) is 3. The number of amides is 2. The molecule has 0 aliphatic carbocycles. The summed E-state index contributed by atoms with van der Waals surface area (Å²) in [5.41, 5.74) is 2.26. The third-order valence-electron chi connectivity index (χ3n) is 3.91. The van der Waals surface area contributed by atoms with Gasteiger partial charge in [-0.05, 0) is 60.7 Å². The van der Waals surface area contributed by atoms with Crippen molar-refractivity contribution in [1.82, 2.24) is 10.1 Å². The highest BCUT2D eigenvalue weighted by Gasteiger charge is 2.15. The fourth-order valence-corrected chi connectivity index (χ4v) is 3.47. The smallest absolute Gasteiger partial charge is 0.329 e. The number of nitrogens with zero attached hydrogens (tertiary/aromatic N) is 1. The zero-order chi connectivity index (χ0) is 23.1. The lowest BCUT2D eigenvalue weighted by atomic mass is 10.3. The number of halogens is 2. The molecule has 0 saturated heterocycles. The Morgan fingerprint density at radius 3 is 2.38 bits per heavy atom. The van der Waals surface area contributed by atoms with E-state index in [4.69, 9.17) is 16.0 Å². The molecule has 2 aromatic carbocycles. The molecule has 1 heterocycles. The molecule has 1 aromatic heterocycles. The van der Waals surface area contributed by atoms with Crippen LogP contribution in [0.3, 0.4) is 0 Å². The summed E-state index contributed by atoms with van der Waals surface area (Å²) in [5, 5.41) is 6.30. The second-order valence-electron chi connectivity index (χ2n) is 6.24. The maximum Gasteiger partial charge on any atom is 0.329 e. The van der Waals surface area contributed by atoms with E-state index >= 15 is 0 Å². The van der Waals surface area contributed by atoms with Crippen LogP contribution in [-0.2, 0) is 26.2 Å². The second kappa shape index (κ2) is 10.2. The molecule has 3 N–H and O–H groups in total. The van der Waals surface area contributed by atoms with Gasteiger partial charge in [-0.1, -0.05) is 11.6 Å². The maximum absolute atomic E-state index is 12.9. The number of rotatable bonds is 7. The van der Waals surface area contributed by atoms with Crippen molar-refractivity contribution in [3.63, 3.8) is 0 Å². The van der Waals surface area contributed by atoms with Crippen LogP contribution in [0.1, 0.15) is 11.5 Å². The Morgan fingerprint density at radius 2 is 1.69 bits per heavy atom. The minimum atomic E-state index is -3.76. The van der Waals surface area contributed by atoms with Crippen LogP contribution in [0.15, 0.2) is 75.1 Å². The molecule has 0 fully saturated rings. The molecule has 32 heavy (non-hydrogen) atoms. The van der Waals surface area contributed by atoms with Crippen LogP contribution < -0.4 is 15.5 Å². The lowest BCUT2D eigenvalue weighted by Crippen LogP contribution is -2.32. The Hall–Kier alpha value is -3.54. The minimum Gasteiger partial charge on any atom is -0.459 e. The Bertz CT molecular complexity index is 1240. The van der Waals surface area contributed by atoms with Crippen LogP contribution in [0.2, 0.25) is 5.02 Å². The molecule has 0 aliphatic rings. The number of anilines is 1. The van der Waals surface area contributed by atoms with Crippen molar-refractivity contribution < 1.29 is 26.8 Å². The number of benzene rings is 2. The fourth-order valence-electron chi connectivity index (χ4n) is 2.35. The molecule has 0 spiro atoms. The van der Waals surface area contributed by atoms with E-state index in [1.165, 1.54) is 48.5 Å². The van der Waals surface area contributed by atoms with E-state index in [0.29, 0.717) is 10.8 Å². The molecular formula is C20H16ClFN4O5S. The average molecular weight is 479 g/mol. The number of carbonyl (C=O) groups is 2. The highest BCUT2D eigenvalue weighted by molar-refractivity contribution is 7.89. The van der Waals surface area contributed by atoms with Gasteiger partial charge < -0.3 is 9.73 Å². The minimum absolute atomic E-state index is 0.0527. The van der Waals surface area contributed by atoms with Crippen molar-refractivity contribution in [3.8, 4) is 0 Å². The van der Waals surface area contributed by atoms with E-state index in [2.05, 4.69) is 15.1 Å². The van der Waals surface area contributed by atoms with Gasteiger partial charge in [-0.15, -0.1) is 0 Å². The normalized spacial score (nSPS) is 11.4. The van der Waals surface area contributed by atoms with Gasteiger partial charge in [0.1, 0.15) is 17.3 Å². The van der Waals surface area contributed by atoms with Crippen LogP contribution in [0.5, 0.6) is 0 Å². The zero-order valence-electron chi connectivity index (χ0n) is 16.2. The van der Waals surface area contributed by atoms with E-state index < -0.39 is 27.7 Å². The Kier molecular flexibility index (Phi) is 7.36. The summed E-state index contributed by atoms with van der Waals surface area (Å²) in [6.07, 6.45) is 1.14. The third-order valence-corrected chi connectivity index (χ3v) is 5.58. The molecule has 0 radical (unpaired) electrons. The lowest BCUT2D eigenvalue weighted by Gasteiger charge is -2.05. The summed E-state index contributed by atoms with van der Waals surface area (Å²) in [5.74, 6) is -2.01. The topological polar surface area (TPSA) is 130 Å². The number of nitrogens with one attached hydrogen (secondary N) is 3. The van der Waals surface area contributed by atoms with Gasteiger partial charge in [-0.25, -0.2) is 23.0 Å². The molecular weight excluding hydrogens is 463 g/mol. The van der Waals surface area contributed by atoms with Crippen molar-refractivity contribution in [2.24, 2.45) is 5.10 Å². The monoisotopic (exact) mass is 478 g/mol. The summed E-state index contributed by atoms with van der Waals surface area (Å²) in [6, 6.07) is 13.6. The first kappa shape index (κ1) is 23.1. The van der Waals surface area contributed by atoms with Crippen molar-refractivity contribution in [2.75, 3.05) is 5.32 Å². The molecule has 2 amide bonds. The molecule has 0 bridgehead atoms. The summed E-state index contributed by atoms with van der Waals surface area (Å²) < 4.78 is 45.1. The Morgan fingerprint density at radius 1 is 1.00 bits per heavy atom. The fraction of sp³-hybridized carbons (Fsp3) is 0.0500. The first-order valence-electron chi connectivity index (χ1n) is 8.97. The quantitative estimate of drug-likeness (QED) is 0.273. The zero-order valence-corrected chi connectivity index (χ0v) is 17.8. The molecule has 12 heteroatoms. The van der Waals surface area contributed by atoms with Crippen LogP contribution >= 0.6 is 11.6 Å². The van der Waals surface area contributed by atoms with Crippen molar-refractivity contribution in [3.05, 3.63) is 83.0 Å². The van der Waals surface area contributed by atoms with E-state index in [-0.39, 0.29) is 22.9 Å². The highest BCUT2D eigenvalue weighted by atomic mass is 35.5. The SMILES string of the molecule is O=C(N/N=C/c1ccc(CNS(=O)(=O)c2ccc(Cl)cc2)o1)C(=O)Nc1ccc(F)cc1. The van der Waals surface area contributed by atoms with Gasteiger partial charge in [0.25, 0.3) is 0 Å². The van der Waals surface area contributed by atoms with Gasteiger partial charge >= 0.3 is 11.8 Å². The average Bonchev–Trinajstić information content (AvgIpc) is 3.22. The molecule has 0 aliphatic heterocycles. The number of hydrazone groups is 1. The van der Waals surface area contributed by atoms with Crippen LogP contribution in [0, 0.1) is 5.82 Å². The molecule has 166 valence electrons. The number of hydrogen-bond acceptors (Lipinski definition) is 6. The van der Waals surface area contributed by atoms with Crippen LogP contribution in [-0.4, -0.2) is 26.4 Å². The predicted octanol–water partition coefficient (Wildman–Crippen LogP) is 2.64. The number of sulfonamides is 1. The largest absolute Gasteiger partial charge is 0.459 e.